The van der Waals surface area contributed by atoms with E-state index in [1.54, 1.807) is 42.5 Å². The number of anilines is 1. The van der Waals surface area contributed by atoms with Gasteiger partial charge in [0.05, 0.1) is 27.7 Å². The quantitative estimate of drug-likeness (QED) is 0.102. The normalized spacial score (nSPS) is 15.5. The first-order valence-corrected chi connectivity index (χ1v) is 20.8. The number of hydrogen-bond donors (Lipinski definition) is 1. The van der Waals surface area contributed by atoms with Crippen molar-refractivity contribution in [3.8, 4) is 11.1 Å². The molecule has 59 heavy (non-hydrogen) atoms. The van der Waals surface area contributed by atoms with Crippen molar-refractivity contribution in [2.45, 2.75) is 77.0 Å². The molecule has 0 atom stereocenters. The summed E-state index contributed by atoms with van der Waals surface area (Å²) in [5.74, 6) is -3.38. The van der Waals surface area contributed by atoms with Crippen LogP contribution >= 0.6 is 0 Å². The van der Waals surface area contributed by atoms with Gasteiger partial charge in [0.2, 0.25) is 0 Å². The second-order valence-electron chi connectivity index (χ2n) is 16.1. The van der Waals surface area contributed by atoms with Crippen molar-refractivity contribution in [1.29, 1.82) is 0 Å². The summed E-state index contributed by atoms with van der Waals surface area (Å²) in [6.07, 6.45) is 7.75. The third-order valence-electron chi connectivity index (χ3n) is 12.3. The van der Waals surface area contributed by atoms with E-state index in [0.29, 0.717) is 35.1 Å². The lowest BCUT2D eigenvalue weighted by atomic mass is 9.91. The van der Waals surface area contributed by atoms with Gasteiger partial charge in [-0.1, -0.05) is 75.9 Å². The Bertz CT molecular complexity index is 2720. The van der Waals surface area contributed by atoms with Gasteiger partial charge in [-0.3, -0.25) is 28.8 Å². The van der Waals surface area contributed by atoms with E-state index < -0.39 is 34.9 Å². The Morgan fingerprint density at radius 3 is 1.93 bits per heavy atom. The van der Waals surface area contributed by atoms with Crippen LogP contribution < -0.4 is 10.5 Å². The number of aromatic amines is 1. The molecule has 296 valence electrons. The molecule has 10 nitrogen and oxygen atoms in total. The van der Waals surface area contributed by atoms with Gasteiger partial charge in [0.15, 0.2) is 11.6 Å². The summed E-state index contributed by atoms with van der Waals surface area (Å²) >= 11 is 0. The monoisotopic (exact) mass is 784 g/mol. The molecule has 10 heteroatoms. The number of benzene rings is 5. The van der Waals surface area contributed by atoms with Gasteiger partial charge >= 0.3 is 0 Å². The number of imide groups is 1. The third-order valence-corrected chi connectivity index (χ3v) is 12.3. The van der Waals surface area contributed by atoms with Crippen molar-refractivity contribution in [1.82, 2.24) is 14.9 Å². The number of nitrogens with one attached hydrogen (secondary N) is 1. The van der Waals surface area contributed by atoms with Gasteiger partial charge in [-0.05, 0) is 114 Å². The average Bonchev–Trinajstić information content (AvgIpc) is 3.94. The van der Waals surface area contributed by atoms with Crippen LogP contribution in [0.5, 0.6) is 0 Å². The molecule has 2 heterocycles. The van der Waals surface area contributed by atoms with Gasteiger partial charge in [-0.2, -0.15) is 0 Å². The molecule has 1 N–H and O–H groups in total. The van der Waals surface area contributed by atoms with Crippen molar-refractivity contribution >= 4 is 56.7 Å². The van der Waals surface area contributed by atoms with Crippen LogP contribution in [0.2, 0.25) is 0 Å². The molecule has 5 aromatic carbocycles. The maximum absolute atomic E-state index is 14.2. The van der Waals surface area contributed by atoms with Gasteiger partial charge in [-0.15, -0.1) is 0 Å². The highest BCUT2D eigenvalue weighted by atomic mass is 16.2. The Morgan fingerprint density at radius 1 is 0.712 bits per heavy atom. The van der Waals surface area contributed by atoms with Gasteiger partial charge in [0, 0.05) is 29.8 Å². The highest BCUT2D eigenvalue weighted by molar-refractivity contribution is 6.36. The number of carbonyl (C=O) groups excluding carboxylic acids is 5. The third kappa shape index (κ3) is 6.56. The minimum absolute atomic E-state index is 0.101. The first-order valence-electron chi connectivity index (χ1n) is 20.8. The fourth-order valence-corrected chi connectivity index (χ4v) is 9.10. The zero-order chi connectivity index (χ0) is 40.9. The van der Waals surface area contributed by atoms with Crippen LogP contribution in [0.1, 0.15) is 140 Å². The Labute approximate surface area is 341 Å². The van der Waals surface area contributed by atoms with E-state index in [2.05, 4.69) is 29.9 Å². The Balaban J connectivity index is 1.04. The molecule has 1 aliphatic heterocycles. The maximum Gasteiger partial charge on any atom is 0.266 e. The van der Waals surface area contributed by atoms with Gasteiger partial charge in [0.25, 0.3) is 23.3 Å². The van der Waals surface area contributed by atoms with Crippen molar-refractivity contribution in [2.24, 2.45) is 0 Å². The highest BCUT2D eigenvalue weighted by Crippen LogP contribution is 2.44. The molecule has 0 radical (unpaired) electrons. The highest BCUT2D eigenvalue weighted by Gasteiger charge is 2.43. The summed E-state index contributed by atoms with van der Waals surface area (Å²) in [6, 6.07) is 27.1. The van der Waals surface area contributed by atoms with Crippen LogP contribution in [-0.2, 0) is 0 Å². The van der Waals surface area contributed by atoms with E-state index in [4.69, 9.17) is 0 Å². The van der Waals surface area contributed by atoms with E-state index in [0.717, 1.165) is 68.1 Å². The van der Waals surface area contributed by atoms with Crippen LogP contribution in [0.4, 0.5) is 5.69 Å². The number of rotatable bonds is 11. The number of hydrogen-bond acceptors (Lipinski definition) is 7. The number of amides is 3. The lowest BCUT2D eigenvalue weighted by Crippen LogP contribution is -2.33. The van der Waals surface area contributed by atoms with Gasteiger partial charge in [-0.25, -0.2) is 9.88 Å². The Hall–Kier alpha value is -6.55. The minimum atomic E-state index is -1.40. The molecule has 1 fully saturated rings. The van der Waals surface area contributed by atoms with Crippen LogP contribution in [0, 0.1) is 0 Å². The molecular weight excluding hydrogens is 741 g/mol. The number of carbonyl (C=O) groups is 5. The molecule has 0 spiro atoms. The van der Waals surface area contributed by atoms with E-state index in [-0.39, 0.29) is 50.8 Å². The Kier molecular flexibility index (Phi) is 9.87. The first kappa shape index (κ1) is 38.0. The van der Waals surface area contributed by atoms with Crippen molar-refractivity contribution in [3.05, 3.63) is 141 Å². The van der Waals surface area contributed by atoms with Crippen LogP contribution in [0.3, 0.4) is 0 Å². The molecule has 0 saturated heterocycles. The Morgan fingerprint density at radius 2 is 1.32 bits per heavy atom. The molecule has 2 aliphatic carbocycles. The standard InChI is InChI=1S/C49H44N4O6/c1-3-5-20-52(21-6-4-2)47(57)31-16-18-34-40(27-31)50-45(51-46(34)56)42-43(54)36-23-32-25-38-39(26-33(32)24-37(36)44(42)55)49(59)53(48(38)58)41-19-17-30(28-12-8-7-9-13-28)22-35(41)29-14-10-11-15-29/h7-9,12-13,16-19,22-27,29,42H,3-6,10-11,14-15,20-21H2,1-2H3,(H,50,51,56). The molecule has 3 amide bonds. The number of fused-ring (bicyclic) bond motifs is 4. The number of ketones is 2. The summed E-state index contributed by atoms with van der Waals surface area (Å²) in [5.41, 5.74) is 4.47. The zero-order valence-corrected chi connectivity index (χ0v) is 33.2. The van der Waals surface area contributed by atoms with Crippen molar-refractivity contribution in [2.75, 3.05) is 18.0 Å². The molecule has 1 aromatic heterocycles. The average molecular weight is 785 g/mol. The number of nitrogens with zero attached hydrogens (tertiary/aromatic N) is 3. The van der Waals surface area contributed by atoms with Gasteiger partial charge < -0.3 is 9.88 Å². The van der Waals surface area contributed by atoms with E-state index in [1.165, 1.54) is 4.90 Å². The first-order chi connectivity index (χ1) is 28.7. The molecule has 0 bridgehead atoms. The number of H-pyrrole nitrogens is 1. The summed E-state index contributed by atoms with van der Waals surface area (Å²) in [6.45, 7) is 5.38. The summed E-state index contributed by atoms with van der Waals surface area (Å²) in [4.78, 5) is 93.9. The molecule has 3 aliphatic rings. The largest absolute Gasteiger partial charge is 0.339 e. The number of Topliss-reactive ketones (excluding diaryl/α,β-unsaturated/α-hetero) is 2. The van der Waals surface area contributed by atoms with Crippen LogP contribution in [0.25, 0.3) is 32.8 Å². The lowest BCUT2D eigenvalue weighted by Gasteiger charge is -2.23. The molecule has 9 rings (SSSR count). The number of aromatic nitrogens is 2. The molecular formula is C49H44N4O6. The molecule has 6 aromatic rings. The van der Waals surface area contributed by atoms with Crippen LogP contribution in [-0.4, -0.2) is 57.2 Å². The summed E-state index contributed by atoms with van der Waals surface area (Å²) in [5, 5.41) is 1.30. The van der Waals surface area contributed by atoms with E-state index >= 15 is 0 Å². The fraction of sp³-hybridized carbons (Fsp3) is 0.286. The maximum atomic E-state index is 14.2. The predicted octanol–water partition coefficient (Wildman–Crippen LogP) is 9.41. The minimum Gasteiger partial charge on any atom is -0.339 e. The van der Waals surface area contributed by atoms with Gasteiger partial charge in [0.1, 0.15) is 11.7 Å². The topological polar surface area (TPSA) is 138 Å². The second-order valence-corrected chi connectivity index (χ2v) is 16.1. The zero-order valence-electron chi connectivity index (χ0n) is 33.2. The molecule has 1 saturated carbocycles. The van der Waals surface area contributed by atoms with E-state index in [9.17, 15) is 28.8 Å². The smallest absolute Gasteiger partial charge is 0.266 e. The summed E-state index contributed by atoms with van der Waals surface area (Å²) < 4.78 is 0. The second kappa shape index (κ2) is 15.3. The van der Waals surface area contributed by atoms with Crippen LogP contribution in [0.15, 0.2) is 95.8 Å². The number of unbranched alkanes of at least 4 members (excludes halogenated alkanes) is 2. The van der Waals surface area contributed by atoms with Crippen molar-refractivity contribution < 1.29 is 24.0 Å². The molecule has 0 unspecified atom stereocenters. The van der Waals surface area contributed by atoms with Crippen molar-refractivity contribution in [3.63, 3.8) is 0 Å². The summed E-state index contributed by atoms with van der Waals surface area (Å²) in [7, 11) is 0. The lowest BCUT2D eigenvalue weighted by molar-refractivity contribution is 0.0749. The SMILES string of the molecule is CCCCN(CCCC)C(=O)c1ccc2c(=O)[nH]c(C3C(=O)c4cc5cc6c(cc5cc4C3=O)C(=O)N(c3ccc(-c4ccccc4)cc3C3CCCC3)C6=O)nc2c1. The van der Waals surface area contributed by atoms with E-state index in [1.807, 2.05) is 47.4 Å². The fourth-order valence-electron chi connectivity index (χ4n) is 9.10. The predicted molar refractivity (Wildman–Crippen MR) is 228 cm³/mol.